The van der Waals surface area contributed by atoms with Gasteiger partial charge in [-0.2, -0.15) is 0 Å². The summed E-state index contributed by atoms with van der Waals surface area (Å²) in [6.45, 7) is 9.34. The minimum Gasteiger partial charge on any atom is -0.310 e. The van der Waals surface area contributed by atoms with Crippen LogP contribution in [0.5, 0.6) is 0 Å². The number of hydrogen-bond donors (Lipinski definition) is 1. The van der Waals surface area contributed by atoms with Gasteiger partial charge in [-0.25, -0.2) is 0 Å². The summed E-state index contributed by atoms with van der Waals surface area (Å²) in [4.78, 5) is 2.55. The second-order valence-corrected chi connectivity index (χ2v) is 6.29. The summed E-state index contributed by atoms with van der Waals surface area (Å²) < 4.78 is 0. The molecule has 0 spiro atoms. The Balaban J connectivity index is 1.88. The number of benzene rings is 1. The summed E-state index contributed by atoms with van der Waals surface area (Å²) in [6.07, 6.45) is 3.72. The maximum absolute atomic E-state index is 5.98. The molecular weight excluding hydrogens is 268 g/mol. The van der Waals surface area contributed by atoms with Gasteiger partial charge in [-0.1, -0.05) is 44.0 Å². The fourth-order valence-electron chi connectivity index (χ4n) is 3.05. The van der Waals surface area contributed by atoms with Crippen LogP contribution >= 0.6 is 11.6 Å². The van der Waals surface area contributed by atoms with Gasteiger partial charge < -0.3 is 10.2 Å². The highest BCUT2D eigenvalue weighted by atomic mass is 35.5. The first kappa shape index (κ1) is 15.8. The fraction of sp³-hybridized carbons (Fsp3) is 0.647. The molecule has 0 radical (unpaired) electrons. The molecule has 1 heterocycles. The number of hydrogen-bond acceptors (Lipinski definition) is 2. The van der Waals surface area contributed by atoms with Crippen LogP contribution in [-0.4, -0.2) is 31.1 Å². The maximum Gasteiger partial charge on any atom is 0.0406 e. The molecule has 1 aromatic carbocycles. The predicted molar refractivity (Wildman–Crippen MR) is 87.3 cm³/mol. The molecule has 2 atom stereocenters. The number of nitrogens with one attached hydrogen (secondary N) is 1. The molecule has 1 N–H and O–H groups in total. The lowest BCUT2D eigenvalue weighted by molar-refractivity contribution is 0.333. The molecule has 0 bridgehead atoms. The van der Waals surface area contributed by atoms with E-state index < -0.39 is 0 Å². The SMILES string of the molecule is CCCC(NCC1CCN(CC)C1)c1ccc(Cl)cc1. The molecule has 1 fully saturated rings. The van der Waals surface area contributed by atoms with Crippen LogP contribution in [0.25, 0.3) is 0 Å². The number of halogens is 1. The third-order valence-corrected chi connectivity index (χ3v) is 4.57. The van der Waals surface area contributed by atoms with E-state index in [4.69, 9.17) is 11.6 Å². The van der Waals surface area contributed by atoms with Gasteiger partial charge in [0.05, 0.1) is 0 Å². The van der Waals surface area contributed by atoms with Gasteiger partial charge in [0, 0.05) is 17.6 Å². The van der Waals surface area contributed by atoms with Crippen molar-refractivity contribution in [2.45, 2.75) is 39.2 Å². The van der Waals surface area contributed by atoms with Crippen molar-refractivity contribution in [3.63, 3.8) is 0 Å². The van der Waals surface area contributed by atoms with Crippen molar-refractivity contribution in [2.75, 3.05) is 26.2 Å². The van der Waals surface area contributed by atoms with E-state index in [1.807, 2.05) is 12.1 Å². The van der Waals surface area contributed by atoms with Crippen LogP contribution in [0, 0.1) is 5.92 Å². The van der Waals surface area contributed by atoms with E-state index in [1.165, 1.54) is 44.5 Å². The van der Waals surface area contributed by atoms with Crippen LogP contribution < -0.4 is 5.32 Å². The molecule has 1 aliphatic heterocycles. The van der Waals surface area contributed by atoms with E-state index in [1.54, 1.807) is 0 Å². The summed E-state index contributed by atoms with van der Waals surface area (Å²) >= 11 is 5.98. The minimum atomic E-state index is 0.466. The van der Waals surface area contributed by atoms with Gasteiger partial charge >= 0.3 is 0 Å². The highest BCUT2D eigenvalue weighted by Crippen LogP contribution is 2.22. The lowest BCUT2D eigenvalue weighted by Gasteiger charge is -2.21. The Labute approximate surface area is 128 Å². The molecule has 1 aliphatic rings. The molecule has 0 saturated carbocycles. The zero-order valence-electron chi connectivity index (χ0n) is 12.7. The average molecular weight is 295 g/mol. The van der Waals surface area contributed by atoms with E-state index in [0.717, 1.165) is 17.5 Å². The van der Waals surface area contributed by atoms with Crippen molar-refractivity contribution in [1.29, 1.82) is 0 Å². The minimum absolute atomic E-state index is 0.466. The molecule has 112 valence electrons. The van der Waals surface area contributed by atoms with Crippen molar-refractivity contribution in [3.8, 4) is 0 Å². The maximum atomic E-state index is 5.98. The van der Waals surface area contributed by atoms with E-state index in [-0.39, 0.29) is 0 Å². The van der Waals surface area contributed by atoms with E-state index >= 15 is 0 Å². The molecule has 0 amide bonds. The Morgan fingerprint density at radius 2 is 2.05 bits per heavy atom. The van der Waals surface area contributed by atoms with E-state index in [2.05, 4.69) is 36.2 Å². The molecule has 2 unspecified atom stereocenters. The lowest BCUT2D eigenvalue weighted by Crippen LogP contribution is -2.29. The van der Waals surface area contributed by atoms with Crippen LogP contribution in [0.4, 0.5) is 0 Å². The highest BCUT2D eigenvalue weighted by molar-refractivity contribution is 6.30. The van der Waals surface area contributed by atoms with Gasteiger partial charge in [0.15, 0.2) is 0 Å². The zero-order valence-corrected chi connectivity index (χ0v) is 13.5. The van der Waals surface area contributed by atoms with Crippen LogP contribution in [0.3, 0.4) is 0 Å². The first-order valence-electron chi connectivity index (χ1n) is 7.94. The number of nitrogens with zero attached hydrogens (tertiary/aromatic N) is 1. The average Bonchev–Trinajstić information content (AvgIpc) is 2.92. The van der Waals surface area contributed by atoms with Crippen molar-refractivity contribution < 1.29 is 0 Å². The molecule has 1 saturated heterocycles. The Morgan fingerprint density at radius 3 is 2.65 bits per heavy atom. The molecule has 2 nitrogen and oxygen atoms in total. The van der Waals surface area contributed by atoms with Crippen molar-refractivity contribution in [2.24, 2.45) is 5.92 Å². The summed E-state index contributed by atoms with van der Waals surface area (Å²) in [5.74, 6) is 0.807. The standard InChI is InChI=1S/C17H27ClN2/c1-3-5-17(15-6-8-16(18)9-7-15)19-12-14-10-11-20(4-2)13-14/h6-9,14,17,19H,3-5,10-13H2,1-2H3. The third-order valence-electron chi connectivity index (χ3n) is 4.32. The predicted octanol–water partition coefficient (Wildman–Crippen LogP) is 4.11. The zero-order chi connectivity index (χ0) is 14.4. The highest BCUT2D eigenvalue weighted by Gasteiger charge is 2.22. The van der Waals surface area contributed by atoms with Crippen LogP contribution in [0.1, 0.15) is 44.7 Å². The molecule has 20 heavy (non-hydrogen) atoms. The second-order valence-electron chi connectivity index (χ2n) is 5.85. The van der Waals surface area contributed by atoms with Gasteiger partial charge in [-0.05, 0) is 56.1 Å². The van der Waals surface area contributed by atoms with E-state index in [9.17, 15) is 0 Å². The largest absolute Gasteiger partial charge is 0.310 e. The molecule has 0 aromatic heterocycles. The van der Waals surface area contributed by atoms with Crippen LogP contribution in [0.2, 0.25) is 5.02 Å². The van der Waals surface area contributed by atoms with Gasteiger partial charge in [-0.15, -0.1) is 0 Å². The summed E-state index contributed by atoms with van der Waals surface area (Å²) in [5, 5.41) is 4.59. The van der Waals surface area contributed by atoms with Gasteiger partial charge in [0.25, 0.3) is 0 Å². The van der Waals surface area contributed by atoms with Gasteiger partial charge in [0.1, 0.15) is 0 Å². The summed E-state index contributed by atoms with van der Waals surface area (Å²) in [7, 11) is 0. The Hall–Kier alpha value is -0.570. The summed E-state index contributed by atoms with van der Waals surface area (Å²) in [6, 6.07) is 8.77. The Bertz CT molecular complexity index is 390. The summed E-state index contributed by atoms with van der Waals surface area (Å²) in [5.41, 5.74) is 1.36. The molecule has 1 aromatic rings. The molecule has 3 heteroatoms. The van der Waals surface area contributed by atoms with Gasteiger partial charge in [0.2, 0.25) is 0 Å². The van der Waals surface area contributed by atoms with Crippen molar-refractivity contribution >= 4 is 11.6 Å². The smallest absolute Gasteiger partial charge is 0.0406 e. The number of rotatable bonds is 7. The monoisotopic (exact) mass is 294 g/mol. The Morgan fingerprint density at radius 1 is 1.30 bits per heavy atom. The Kier molecular flexibility index (Phi) is 6.34. The fourth-order valence-corrected chi connectivity index (χ4v) is 3.17. The van der Waals surface area contributed by atoms with Crippen LogP contribution in [0.15, 0.2) is 24.3 Å². The molecule has 0 aliphatic carbocycles. The second kappa shape index (κ2) is 8.02. The first-order chi connectivity index (χ1) is 9.72. The number of likely N-dealkylation sites (tertiary alicyclic amines) is 1. The topological polar surface area (TPSA) is 15.3 Å². The normalized spacial score (nSPS) is 21.2. The lowest BCUT2D eigenvalue weighted by atomic mass is 10.0. The third kappa shape index (κ3) is 4.47. The quantitative estimate of drug-likeness (QED) is 0.814. The molecular formula is C17H27ClN2. The molecule has 2 rings (SSSR count). The van der Waals surface area contributed by atoms with Crippen LogP contribution in [-0.2, 0) is 0 Å². The van der Waals surface area contributed by atoms with E-state index in [0.29, 0.717) is 6.04 Å². The van der Waals surface area contributed by atoms with Gasteiger partial charge in [-0.3, -0.25) is 0 Å². The first-order valence-corrected chi connectivity index (χ1v) is 8.32. The van der Waals surface area contributed by atoms with Crippen molar-refractivity contribution in [1.82, 2.24) is 10.2 Å². The van der Waals surface area contributed by atoms with Crippen molar-refractivity contribution in [3.05, 3.63) is 34.9 Å².